The predicted octanol–water partition coefficient (Wildman–Crippen LogP) is 0.234. The standard InChI is InChI=1S/C13H19NO5/c1-8(15)14-7-11(16)13(17)10-6-9(18-2)4-5-12(10)19-3/h4-6,11,13,16-17H,7H2,1-3H3,(H,14,15). The molecule has 0 radical (unpaired) electrons. The maximum Gasteiger partial charge on any atom is 0.216 e. The van der Waals surface area contributed by atoms with Gasteiger partial charge in [0.1, 0.15) is 23.7 Å². The Balaban J connectivity index is 2.89. The average Bonchev–Trinajstić information content (AvgIpc) is 2.42. The van der Waals surface area contributed by atoms with Gasteiger partial charge in [-0.15, -0.1) is 0 Å². The SMILES string of the molecule is COc1ccc(OC)c(C(O)C(O)CNC(C)=O)c1. The molecule has 1 aromatic rings. The molecule has 1 rings (SSSR count). The van der Waals surface area contributed by atoms with E-state index in [9.17, 15) is 15.0 Å². The molecule has 0 aliphatic rings. The van der Waals surface area contributed by atoms with Crippen LogP contribution in [-0.4, -0.2) is 43.0 Å². The molecule has 1 aromatic carbocycles. The van der Waals surface area contributed by atoms with Gasteiger partial charge in [0.2, 0.25) is 5.91 Å². The van der Waals surface area contributed by atoms with Gasteiger partial charge >= 0.3 is 0 Å². The summed E-state index contributed by atoms with van der Waals surface area (Å²) in [6.45, 7) is 1.29. The number of amides is 1. The minimum Gasteiger partial charge on any atom is -0.497 e. The van der Waals surface area contributed by atoms with Crippen molar-refractivity contribution < 1.29 is 24.5 Å². The number of nitrogens with one attached hydrogen (secondary N) is 1. The topological polar surface area (TPSA) is 88.0 Å². The quantitative estimate of drug-likeness (QED) is 0.688. The molecule has 6 heteroatoms. The second-order valence-electron chi connectivity index (χ2n) is 4.06. The molecule has 0 spiro atoms. The third kappa shape index (κ3) is 4.11. The van der Waals surface area contributed by atoms with Gasteiger partial charge in [0.15, 0.2) is 0 Å². The second kappa shape index (κ2) is 6.96. The summed E-state index contributed by atoms with van der Waals surface area (Å²) in [5.74, 6) is 0.709. The molecule has 19 heavy (non-hydrogen) atoms. The monoisotopic (exact) mass is 269 g/mol. The number of hydrogen-bond acceptors (Lipinski definition) is 5. The lowest BCUT2D eigenvalue weighted by Gasteiger charge is -2.21. The molecule has 0 fully saturated rings. The number of hydrogen-bond donors (Lipinski definition) is 3. The molecule has 0 heterocycles. The van der Waals surface area contributed by atoms with Crippen LogP contribution >= 0.6 is 0 Å². The van der Waals surface area contributed by atoms with E-state index in [2.05, 4.69) is 5.32 Å². The van der Waals surface area contributed by atoms with Crippen LogP contribution in [0.25, 0.3) is 0 Å². The number of aliphatic hydroxyl groups excluding tert-OH is 2. The van der Waals surface area contributed by atoms with E-state index in [4.69, 9.17) is 9.47 Å². The van der Waals surface area contributed by atoms with Crippen LogP contribution in [0.2, 0.25) is 0 Å². The fourth-order valence-electron chi connectivity index (χ4n) is 1.64. The molecule has 0 aliphatic heterocycles. The van der Waals surface area contributed by atoms with Crippen LogP contribution in [0.4, 0.5) is 0 Å². The van der Waals surface area contributed by atoms with Crippen molar-refractivity contribution in [2.45, 2.75) is 19.1 Å². The van der Waals surface area contributed by atoms with E-state index in [1.165, 1.54) is 21.1 Å². The maximum absolute atomic E-state index is 10.8. The van der Waals surface area contributed by atoms with Crippen LogP contribution in [0.1, 0.15) is 18.6 Å². The number of benzene rings is 1. The normalized spacial score (nSPS) is 13.5. The van der Waals surface area contributed by atoms with Gasteiger partial charge in [-0.25, -0.2) is 0 Å². The summed E-state index contributed by atoms with van der Waals surface area (Å²) in [5, 5.41) is 22.4. The Hall–Kier alpha value is -1.79. The van der Waals surface area contributed by atoms with E-state index in [-0.39, 0.29) is 12.5 Å². The van der Waals surface area contributed by atoms with Crippen LogP contribution in [0.15, 0.2) is 18.2 Å². The number of aliphatic hydroxyl groups is 2. The first-order chi connectivity index (χ1) is 8.99. The Morgan fingerprint density at radius 3 is 2.53 bits per heavy atom. The molecule has 0 aromatic heterocycles. The van der Waals surface area contributed by atoms with Crippen molar-refractivity contribution >= 4 is 5.91 Å². The second-order valence-corrected chi connectivity index (χ2v) is 4.06. The van der Waals surface area contributed by atoms with E-state index in [1.54, 1.807) is 18.2 Å². The van der Waals surface area contributed by atoms with Crippen molar-refractivity contribution in [2.75, 3.05) is 20.8 Å². The van der Waals surface area contributed by atoms with Crippen molar-refractivity contribution in [3.63, 3.8) is 0 Å². The number of ether oxygens (including phenoxy) is 2. The summed E-state index contributed by atoms with van der Waals surface area (Å²) >= 11 is 0. The highest BCUT2D eigenvalue weighted by Gasteiger charge is 2.22. The molecule has 2 unspecified atom stereocenters. The maximum atomic E-state index is 10.8. The first-order valence-electron chi connectivity index (χ1n) is 5.82. The van der Waals surface area contributed by atoms with Crippen LogP contribution in [0.3, 0.4) is 0 Å². The Morgan fingerprint density at radius 1 is 1.32 bits per heavy atom. The molecule has 6 nitrogen and oxygen atoms in total. The summed E-state index contributed by atoms with van der Waals surface area (Å²) in [6, 6.07) is 4.91. The van der Waals surface area contributed by atoms with Crippen LogP contribution in [0.5, 0.6) is 11.5 Å². The minimum absolute atomic E-state index is 0.0448. The average molecular weight is 269 g/mol. The van der Waals surface area contributed by atoms with Crippen molar-refractivity contribution in [3.8, 4) is 11.5 Å². The number of rotatable bonds is 6. The molecule has 0 aliphatic carbocycles. The molecule has 0 saturated heterocycles. The lowest BCUT2D eigenvalue weighted by atomic mass is 10.0. The van der Waals surface area contributed by atoms with Crippen molar-refractivity contribution in [2.24, 2.45) is 0 Å². The lowest BCUT2D eigenvalue weighted by molar-refractivity contribution is -0.119. The Morgan fingerprint density at radius 2 is 2.00 bits per heavy atom. The van der Waals surface area contributed by atoms with Gasteiger partial charge in [-0.3, -0.25) is 4.79 Å². The molecule has 1 amide bonds. The summed E-state index contributed by atoms with van der Waals surface area (Å²) in [7, 11) is 2.98. The van der Waals surface area contributed by atoms with Gasteiger partial charge in [0, 0.05) is 19.0 Å². The highest BCUT2D eigenvalue weighted by molar-refractivity contribution is 5.72. The van der Waals surface area contributed by atoms with Crippen molar-refractivity contribution in [1.29, 1.82) is 0 Å². The fraction of sp³-hybridized carbons (Fsp3) is 0.462. The van der Waals surface area contributed by atoms with Crippen LogP contribution < -0.4 is 14.8 Å². The largest absolute Gasteiger partial charge is 0.497 e. The fourth-order valence-corrected chi connectivity index (χ4v) is 1.64. The molecule has 0 saturated carbocycles. The minimum atomic E-state index is -1.18. The lowest BCUT2D eigenvalue weighted by Crippen LogP contribution is -2.34. The van der Waals surface area contributed by atoms with Gasteiger partial charge in [-0.2, -0.15) is 0 Å². The summed E-state index contributed by atoms with van der Waals surface area (Å²) in [6.07, 6.45) is -2.32. The Bertz CT molecular complexity index is 435. The number of carbonyl (C=O) groups excluding carboxylic acids is 1. The van der Waals surface area contributed by atoms with E-state index >= 15 is 0 Å². The van der Waals surface area contributed by atoms with Crippen molar-refractivity contribution in [1.82, 2.24) is 5.32 Å². The first-order valence-corrected chi connectivity index (χ1v) is 5.82. The molecule has 3 N–H and O–H groups in total. The zero-order chi connectivity index (χ0) is 14.4. The van der Waals surface area contributed by atoms with Gasteiger partial charge in [0.25, 0.3) is 0 Å². The number of carbonyl (C=O) groups is 1. The number of methoxy groups -OCH3 is 2. The third-order valence-electron chi connectivity index (χ3n) is 2.68. The summed E-state index contributed by atoms with van der Waals surface area (Å²) in [4.78, 5) is 10.8. The van der Waals surface area contributed by atoms with E-state index in [1.807, 2.05) is 0 Å². The van der Waals surface area contributed by atoms with Gasteiger partial charge in [0.05, 0.1) is 14.2 Å². The molecule has 106 valence electrons. The molecule has 0 bridgehead atoms. The van der Waals surface area contributed by atoms with Gasteiger partial charge < -0.3 is 25.0 Å². The van der Waals surface area contributed by atoms with Gasteiger partial charge in [-0.05, 0) is 18.2 Å². The highest BCUT2D eigenvalue weighted by Crippen LogP contribution is 2.30. The zero-order valence-corrected chi connectivity index (χ0v) is 11.2. The summed E-state index contributed by atoms with van der Waals surface area (Å²) < 4.78 is 10.2. The highest BCUT2D eigenvalue weighted by atomic mass is 16.5. The van der Waals surface area contributed by atoms with E-state index in [0.29, 0.717) is 17.1 Å². The van der Waals surface area contributed by atoms with Crippen molar-refractivity contribution in [3.05, 3.63) is 23.8 Å². The third-order valence-corrected chi connectivity index (χ3v) is 2.68. The Kier molecular flexibility index (Phi) is 5.59. The smallest absolute Gasteiger partial charge is 0.216 e. The van der Waals surface area contributed by atoms with E-state index < -0.39 is 12.2 Å². The van der Waals surface area contributed by atoms with Crippen LogP contribution in [0, 0.1) is 0 Å². The van der Waals surface area contributed by atoms with Crippen LogP contribution in [-0.2, 0) is 4.79 Å². The predicted molar refractivity (Wildman–Crippen MR) is 69.2 cm³/mol. The Labute approximate surface area is 112 Å². The van der Waals surface area contributed by atoms with E-state index in [0.717, 1.165) is 0 Å². The molecular formula is C13H19NO5. The first kappa shape index (κ1) is 15.3. The summed E-state index contributed by atoms with van der Waals surface area (Å²) in [5.41, 5.74) is 0.403. The molecular weight excluding hydrogens is 250 g/mol. The molecule has 2 atom stereocenters. The zero-order valence-electron chi connectivity index (χ0n) is 11.2. The van der Waals surface area contributed by atoms with Gasteiger partial charge in [-0.1, -0.05) is 0 Å².